The van der Waals surface area contributed by atoms with Gasteiger partial charge in [0.2, 0.25) is 6.79 Å². The number of anilines is 1. The first-order chi connectivity index (χ1) is 11.0. The van der Waals surface area contributed by atoms with Gasteiger partial charge in [-0.2, -0.15) is 8.78 Å². The predicted molar refractivity (Wildman–Crippen MR) is 74.1 cm³/mol. The number of carbonyl (C=O) groups is 1. The number of carbonyl (C=O) groups excluding carboxylic acids is 1. The topological polar surface area (TPSA) is 38.8 Å². The van der Waals surface area contributed by atoms with Crippen LogP contribution >= 0.6 is 0 Å². The summed E-state index contributed by atoms with van der Waals surface area (Å²) >= 11 is 0. The Balaban J connectivity index is 1.78. The van der Waals surface area contributed by atoms with Crippen LogP contribution in [0.3, 0.4) is 0 Å². The maximum atomic E-state index is 14.1. The number of fused-ring (bicyclic) bond motifs is 1. The van der Waals surface area contributed by atoms with E-state index < -0.39 is 23.7 Å². The summed E-state index contributed by atoms with van der Waals surface area (Å²) in [6.07, 6.45) is 0. The van der Waals surface area contributed by atoms with Gasteiger partial charge in [0.25, 0.3) is 0 Å². The number of hydrogen-bond acceptors (Lipinski definition) is 3. The fourth-order valence-electron chi connectivity index (χ4n) is 2.82. The Hall–Kier alpha value is -2.70. The largest absolute Gasteiger partial charge is 0.454 e. The van der Waals surface area contributed by atoms with E-state index in [0.29, 0.717) is 11.5 Å². The second-order valence-electron chi connectivity index (χ2n) is 5.26. The Labute approximate surface area is 129 Å². The lowest BCUT2D eigenvalue weighted by Gasteiger charge is -2.46. The van der Waals surface area contributed by atoms with Crippen molar-refractivity contribution in [3.05, 3.63) is 53.8 Å². The van der Waals surface area contributed by atoms with Crippen LogP contribution in [0.2, 0.25) is 0 Å². The number of amides is 1. The molecule has 1 atom stereocenters. The van der Waals surface area contributed by atoms with Crippen LogP contribution in [0.4, 0.5) is 18.9 Å². The molecule has 2 heterocycles. The molecule has 0 N–H and O–H groups in total. The average molecular weight is 321 g/mol. The van der Waals surface area contributed by atoms with Gasteiger partial charge in [-0.25, -0.2) is 4.39 Å². The highest BCUT2D eigenvalue weighted by Crippen LogP contribution is 2.51. The molecule has 0 saturated carbocycles. The minimum Gasteiger partial charge on any atom is -0.454 e. The Morgan fingerprint density at radius 2 is 1.83 bits per heavy atom. The molecule has 118 valence electrons. The van der Waals surface area contributed by atoms with E-state index in [4.69, 9.17) is 9.47 Å². The zero-order valence-electron chi connectivity index (χ0n) is 11.6. The van der Waals surface area contributed by atoms with Gasteiger partial charge < -0.3 is 9.47 Å². The molecule has 0 spiro atoms. The van der Waals surface area contributed by atoms with Crippen LogP contribution in [0.5, 0.6) is 11.5 Å². The van der Waals surface area contributed by atoms with Crippen LogP contribution in [0, 0.1) is 5.82 Å². The van der Waals surface area contributed by atoms with Crippen molar-refractivity contribution >= 4 is 11.6 Å². The third-order valence-corrected chi connectivity index (χ3v) is 3.94. The van der Waals surface area contributed by atoms with Crippen LogP contribution in [-0.4, -0.2) is 18.6 Å². The van der Waals surface area contributed by atoms with Crippen molar-refractivity contribution in [1.29, 1.82) is 0 Å². The predicted octanol–water partition coefficient (Wildman–Crippen LogP) is 3.28. The summed E-state index contributed by atoms with van der Waals surface area (Å²) in [4.78, 5) is 12.7. The Bertz CT molecular complexity index is 809. The van der Waals surface area contributed by atoms with Crippen LogP contribution < -0.4 is 14.4 Å². The number of halogens is 3. The first-order valence-corrected chi connectivity index (χ1v) is 6.85. The highest BCUT2D eigenvalue weighted by atomic mass is 19.3. The number of ether oxygens (including phenoxy) is 2. The molecule has 1 amide bonds. The third kappa shape index (κ3) is 1.89. The van der Waals surface area contributed by atoms with E-state index in [9.17, 15) is 18.0 Å². The minimum atomic E-state index is -3.65. The first kappa shape index (κ1) is 13.9. The summed E-state index contributed by atoms with van der Waals surface area (Å²) in [7, 11) is 0. The molecule has 4 rings (SSSR count). The maximum absolute atomic E-state index is 14.1. The maximum Gasteiger partial charge on any atom is 0.349 e. The standard InChI is InChI=1S/C16H10F3NO3/c17-11-4-2-1-3-10(11)14-16(18,19)15(21)20(14)9-5-6-12-13(7-9)23-8-22-12/h1-7,14H,8H2/t14-/m1/s1. The van der Waals surface area contributed by atoms with E-state index in [2.05, 4.69) is 0 Å². The number of hydrogen-bond donors (Lipinski definition) is 0. The molecule has 0 radical (unpaired) electrons. The summed E-state index contributed by atoms with van der Waals surface area (Å²) in [6.45, 7) is 0.0274. The number of alkyl halides is 2. The molecule has 0 unspecified atom stereocenters. The monoisotopic (exact) mass is 321 g/mol. The molecule has 0 bridgehead atoms. The SMILES string of the molecule is O=C1N(c2ccc3c(c2)OCO3)[C@H](c2ccccc2F)C1(F)F. The second kappa shape index (κ2) is 4.65. The van der Waals surface area contributed by atoms with Gasteiger partial charge in [0, 0.05) is 17.3 Å². The van der Waals surface area contributed by atoms with Gasteiger partial charge in [0.05, 0.1) is 0 Å². The van der Waals surface area contributed by atoms with Crippen LogP contribution in [-0.2, 0) is 4.79 Å². The van der Waals surface area contributed by atoms with Crippen molar-refractivity contribution < 1.29 is 27.4 Å². The van der Waals surface area contributed by atoms with Crippen molar-refractivity contribution in [2.24, 2.45) is 0 Å². The van der Waals surface area contributed by atoms with Crippen molar-refractivity contribution in [3.8, 4) is 11.5 Å². The van der Waals surface area contributed by atoms with Gasteiger partial charge in [-0.15, -0.1) is 0 Å². The molecule has 2 aliphatic rings. The molecule has 2 aliphatic heterocycles. The lowest BCUT2D eigenvalue weighted by Crippen LogP contribution is -2.64. The van der Waals surface area contributed by atoms with Crippen molar-refractivity contribution in [1.82, 2.24) is 0 Å². The average Bonchev–Trinajstić information content (AvgIpc) is 3.00. The summed E-state index contributed by atoms with van der Waals surface area (Å²) in [5, 5.41) is 0. The fourth-order valence-corrected chi connectivity index (χ4v) is 2.82. The van der Waals surface area contributed by atoms with E-state index in [1.165, 1.54) is 36.4 Å². The molecule has 23 heavy (non-hydrogen) atoms. The van der Waals surface area contributed by atoms with Crippen molar-refractivity contribution in [2.45, 2.75) is 12.0 Å². The number of benzene rings is 2. The number of β-lactam (4-membered cyclic amide) rings is 1. The number of rotatable bonds is 2. The lowest BCUT2D eigenvalue weighted by molar-refractivity contribution is -0.162. The van der Waals surface area contributed by atoms with Crippen LogP contribution in [0.1, 0.15) is 11.6 Å². The smallest absolute Gasteiger partial charge is 0.349 e. The summed E-state index contributed by atoms with van der Waals surface area (Å²) in [6, 6.07) is 7.94. The van der Waals surface area contributed by atoms with Gasteiger partial charge in [0.1, 0.15) is 11.9 Å². The van der Waals surface area contributed by atoms with Gasteiger partial charge >= 0.3 is 11.8 Å². The van der Waals surface area contributed by atoms with E-state index in [1.807, 2.05) is 0 Å². The van der Waals surface area contributed by atoms with E-state index in [1.54, 1.807) is 0 Å². The van der Waals surface area contributed by atoms with Gasteiger partial charge in [-0.1, -0.05) is 18.2 Å². The van der Waals surface area contributed by atoms with Gasteiger partial charge in [-0.3, -0.25) is 9.69 Å². The van der Waals surface area contributed by atoms with Gasteiger partial charge in [0.15, 0.2) is 11.5 Å². The van der Waals surface area contributed by atoms with Crippen molar-refractivity contribution in [3.63, 3.8) is 0 Å². The molecule has 1 saturated heterocycles. The Morgan fingerprint density at radius 1 is 1.09 bits per heavy atom. The Morgan fingerprint density at radius 3 is 2.61 bits per heavy atom. The van der Waals surface area contributed by atoms with Gasteiger partial charge in [-0.05, 0) is 18.2 Å². The molecule has 0 aliphatic carbocycles. The van der Waals surface area contributed by atoms with E-state index in [-0.39, 0.29) is 18.0 Å². The Kier molecular flexibility index (Phi) is 2.81. The molecule has 1 fully saturated rings. The lowest BCUT2D eigenvalue weighted by atomic mass is 9.88. The second-order valence-corrected chi connectivity index (χ2v) is 5.26. The van der Waals surface area contributed by atoms with Crippen LogP contribution in [0.15, 0.2) is 42.5 Å². The fraction of sp³-hybridized carbons (Fsp3) is 0.188. The molecular formula is C16H10F3NO3. The molecule has 2 aromatic rings. The zero-order chi connectivity index (χ0) is 16.2. The minimum absolute atomic E-state index is 0.0274. The quantitative estimate of drug-likeness (QED) is 0.797. The summed E-state index contributed by atoms with van der Waals surface area (Å²) in [5.74, 6) is -4.98. The van der Waals surface area contributed by atoms with Crippen molar-refractivity contribution in [2.75, 3.05) is 11.7 Å². The first-order valence-electron chi connectivity index (χ1n) is 6.85. The van der Waals surface area contributed by atoms with E-state index in [0.717, 1.165) is 11.0 Å². The zero-order valence-corrected chi connectivity index (χ0v) is 11.6. The molecule has 4 nitrogen and oxygen atoms in total. The molecular weight excluding hydrogens is 311 g/mol. The number of nitrogens with zero attached hydrogens (tertiary/aromatic N) is 1. The molecule has 7 heteroatoms. The highest BCUT2D eigenvalue weighted by Gasteiger charge is 2.65. The third-order valence-electron chi connectivity index (χ3n) is 3.94. The van der Waals surface area contributed by atoms with E-state index >= 15 is 0 Å². The van der Waals surface area contributed by atoms with Crippen LogP contribution in [0.25, 0.3) is 0 Å². The normalized spacial score (nSPS) is 21.3. The summed E-state index contributed by atoms with van der Waals surface area (Å²) < 4.78 is 52.4. The summed E-state index contributed by atoms with van der Waals surface area (Å²) in [5.41, 5.74) is -0.0202. The highest BCUT2D eigenvalue weighted by molar-refractivity contribution is 6.07. The molecule has 0 aromatic heterocycles. The molecule has 2 aromatic carbocycles.